The molecule has 0 amide bonds. The Balaban J connectivity index is 1.80. The fraction of sp³-hybridized carbons (Fsp3) is 0.400. The first kappa shape index (κ1) is 13.8. The van der Waals surface area contributed by atoms with Crippen molar-refractivity contribution in [3.63, 3.8) is 0 Å². The number of esters is 1. The topological polar surface area (TPSA) is 44.8 Å². The normalized spacial score (nSPS) is 18.2. The van der Waals surface area contributed by atoms with Gasteiger partial charge in [-0.25, -0.2) is 4.79 Å². The van der Waals surface area contributed by atoms with E-state index >= 15 is 0 Å². The Labute approximate surface area is 113 Å². The molecule has 1 aromatic carbocycles. The number of carbonyl (C=O) groups is 1. The molecule has 1 heterocycles. The summed E-state index contributed by atoms with van der Waals surface area (Å²) in [6, 6.07) is 9.89. The first-order valence-corrected chi connectivity index (χ1v) is 6.41. The molecular weight excluding hydrogens is 244 g/mol. The van der Waals surface area contributed by atoms with Crippen molar-refractivity contribution in [1.82, 2.24) is 0 Å². The predicted molar refractivity (Wildman–Crippen MR) is 70.6 cm³/mol. The molecule has 1 atom stereocenters. The van der Waals surface area contributed by atoms with E-state index in [4.69, 9.17) is 14.2 Å². The second-order valence-corrected chi connectivity index (χ2v) is 4.20. The monoisotopic (exact) mass is 262 g/mol. The number of benzene rings is 1. The lowest BCUT2D eigenvalue weighted by atomic mass is 10.1. The van der Waals surface area contributed by atoms with E-state index in [-0.39, 0.29) is 12.1 Å². The van der Waals surface area contributed by atoms with E-state index < -0.39 is 0 Å². The molecule has 1 unspecified atom stereocenters. The second-order valence-electron chi connectivity index (χ2n) is 4.20. The van der Waals surface area contributed by atoms with E-state index in [1.165, 1.54) is 0 Å². The molecule has 1 aliphatic rings. The molecule has 19 heavy (non-hydrogen) atoms. The zero-order valence-corrected chi connectivity index (χ0v) is 11.0. The molecule has 0 saturated heterocycles. The summed E-state index contributed by atoms with van der Waals surface area (Å²) in [5, 5.41) is 0. The molecule has 2 rings (SSSR count). The van der Waals surface area contributed by atoms with Gasteiger partial charge in [0.1, 0.15) is 6.10 Å². The zero-order chi connectivity index (χ0) is 13.5. The zero-order valence-electron chi connectivity index (χ0n) is 11.0. The highest BCUT2D eigenvalue weighted by Gasteiger charge is 2.26. The Kier molecular flexibility index (Phi) is 5.12. The lowest BCUT2D eigenvalue weighted by Gasteiger charge is -2.14. The minimum atomic E-state index is -0.317. The lowest BCUT2D eigenvalue weighted by molar-refractivity contribution is -0.140. The predicted octanol–water partition coefficient (Wildman–Crippen LogP) is 2.09. The molecule has 0 radical (unpaired) electrons. The highest BCUT2D eigenvalue weighted by molar-refractivity contribution is 5.90. The Morgan fingerprint density at radius 1 is 1.37 bits per heavy atom. The molecule has 1 aromatic rings. The van der Waals surface area contributed by atoms with Crippen molar-refractivity contribution in [3.8, 4) is 0 Å². The smallest absolute Gasteiger partial charge is 0.336 e. The fourth-order valence-electron chi connectivity index (χ4n) is 1.90. The molecule has 4 nitrogen and oxygen atoms in total. The van der Waals surface area contributed by atoms with Crippen LogP contribution in [0.25, 0.3) is 0 Å². The molecule has 0 aromatic heterocycles. The van der Waals surface area contributed by atoms with Gasteiger partial charge in [0.25, 0.3) is 0 Å². The van der Waals surface area contributed by atoms with Gasteiger partial charge in [0, 0.05) is 0 Å². The van der Waals surface area contributed by atoms with Gasteiger partial charge < -0.3 is 14.2 Å². The molecule has 0 spiro atoms. The van der Waals surface area contributed by atoms with Gasteiger partial charge in [-0.15, -0.1) is 0 Å². The van der Waals surface area contributed by atoms with E-state index in [1.54, 1.807) is 13.0 Å². The van der Waals surface area contributed by atoms with Crippen LogP contribution in [0.5, 0.6) is 0 Å². The van der Waals surface area contributed by atoms with Gasteiger partial charge in [-0.1, -0.05) is 30.3 Å². The molecule has 0 aliphatic carbocycles. The Morgan fingerprint density at radius 3 is 2.89 bits per heavy atom. The van der Waals surface area contributed by atoms with Crippen molar-refractivity contribution in [2.45, 2.75) is 19.6 Å². The molecular formula is C15H18O4. The molecule has 0 N–H and O–H groups in total. The van der Waals surface area contributed by atoms with Crippen LogP contribution in [0.1, 0.15) is 12.5 Å². The van der Waals surface area contributed by atoms with E-state index in [1.807, 2.05) is 30.3 Å². The summed E-state index contributed by atoms with van der Waals surface area (Å²) in [4.78, 5) is 11.7. The maximum atomic E-state index is 11.7. The van der Waals surface area contributed by atoms with Crippen LogP contribution in [0.15, 0.2) is 42.0 Å². The van der Waals surface area contributed by atoms with Gasteiger partial charge in [-0.3, -0.25) is 0 Å². The largest absolute Gasteiger partial charge is 0.463 e. The van der Waals surface area contributed by atoms with Crippen molar-refractivity contribution < 1.29 is 19.0 Å². The Bertz CT molecular complexity index is 439. The van der Waals surface area contributed by atoms with Crippen LogP contribution < -0.4 is 0 Å². The summed E-state index contributed by atoms with van der Waals surface area (Å²) in [5.74, 6) is -0.312. The van der Waals surface area contributed by atoms with Crippen molar-refractivity contribution in [2.24, 2.45) is 0 Å². The van der Waals surface area contributed by atoms with Gasteiger partial charge >= 0.3 is 5.97 Å². The number of hydrogen-bond donors (Lipinski definition) is 0. The molecule has 4 heteroatoms. The summed E-state index contributed by atoms with van der Waals surface area (Å²) in [6.45, 7) is 3.47. The second kappa shape index (κ2) is 7.07. The van der Waals surface area contributed by atoms with Crippen LogP contribution in [0, 0.1) is 0 Å². The minimum absolute atomic E-state index is 0.312. The Hall–Kier alpha value is -1.65. The first-order chi connectivity index (χ1) is 9.31. The average molecular weight is 262 g/mol. The van der Waals surface area contributed by atoms with Gasteiger partial charge in [0.2, 0.25) is 0 Å². The van der Waals surface area contributed by atoms with Crippen LogP contribution in [-0.2, 0) is 25.6 Å². The highest BCUT2D eigenvalue weighted by Crippen LogP contribution is 2.17. The van der Waals surface area contributed by atoms with Crippen molar-refractivity contribution in [1.29, 1.82) is 0 Å². The van der Waals surface area contributed by atoms with Crippen LogP contribution >= 0.6 is 0 Å². The van der Waals surface area contributed by atoms with Crippen LogP contribution in [0.4, 0.5) is 0 Å². The van der Waals surface area contributed by atoms with Crippen molar-refractivity contribution >= 4 is 5.97 Å². The van der Waals surface area contributed by atoms with Gasteiger partial charge in [0.05, 0.1) is 32.0 Å². The minimum Gasteiger partial charge on any atom is -0.463 e. The summed E-state index contributed by atoms with van der Waals surface area (Å²) in [7, 11) is 0. The average Bonchev–Trinajstić information content (AvgIpc) is 2.89. The highest BCUT2D eigenvalue weighted by atomic mass is 16.6. The van der Waals surface area contributed by atoms with Crippen molar-refractivity contribution in [2.75, 3.05) is 19.8 Å². The number of hydrogen-bond acceptors (Lipinski definition) is 4. The molecule has 0 saturated carbocycles. The standard InChI is InChI=1S/C15H18O4/c1-2-18-15(16)13-8-9-19-14(13)11-17-10-12-6-4-3-5-7-12/h3-8,14H,2,9-11H2,1H3. The van der Waals surface area contributed by atoms with E-state index in [2.05, 4.69) is 0 Å². The van der Waals surface area contributed by atoms with E-state index in [0.717, 1.165) is 5.56 Å². The molecule has 102 valence electrons. The van der Waals surface area contributed by atoms with E-state index in [0.29, 0.717) is 32.0 Å². The molecule has 0 bridgehead atoms. The Morgan fingerprint density at radius 2 is 2.16 bits per heavy atom. The summed E-state index contributed by atoms with van der Waals surface area (Å²) >= 11 is 0. The van der Waals surface area contributed by atoms with Crippen molar-refractivity contribution in [3.05, 3.63) is 47.5 Å². The molecule has 0 fully saturated rings. The number of ether oxygens (including phenoxy) is 3. The SMILES string of the molecule is CCOC(=O)C1=CCOC1COCc1ccccc1. The van der Waals surface area contributed by atoms with Gasteiger partial charge in [0.15, 0.2) is 0 Å². The maximum Gasteiger partial charge on any atom is 0.336 e. The number of carbonyl (C=O) groups excluding carboxylic acids is 1. The maximum absolute atomic E-state index is 11.7. The summed E-state index contributed by atoms with van der Waals surface area (Å²) < 4.78 is 16.0. The van der Waals surface area contributed by atoms with Gasteiger partial charge in [-0.2, -0.15) is 0 Å². The quantitative estimate of drug-likeness (QED) is 0.736. The summed E-state index contributed by atoms with van der Waals surface area (Å²) in [5.41, 5.74) is 1.66. The third kappa shape index (κ3) is 3.91. The fourth-order valence-corrected chi connectivity index (χ4v) is 1.90. The van der Waals surface area contributed by atoms with E-state index in [9.17, 15) is 4.79 Å². The van der Waals surface area contributed by atoms with Crippen LogP contribution in [0.3, 0.4) is 0 Å². The van der Waals surface area contributed by atoms with Gasteiger partial charge in [-0.05, 0) is 18.6 Å². The summed E-state index contributed by atoms with van der Waals surface area (Å²) in [6.07, 6.45) is 1.44. The third-order valence-corrected chi connectivity index (χ3v) is 2.84. The first-order valence-electron chi connectivity index (χ1n) is 6.41. The third-order valence-electron chi connectivity index (χ3n) is 2.84. The number of rotatable bonds is 6. The lowest BCUT2D eigenvalue weighted by Crippen LogP contribution is -2.23. The van der Waals surface area contributed by atoms with Crippen LogP contribution in [-0.4, -0.2) is 31.9 Å². The van der Waals surface area contributed by atoms with Crippen LogP contribution in [0.2, 0.25) is 0 Å². The molecule has 1 aliphatic heterocycles.